The number of carbonyl (C=O) groups is 1. The molecule has 1 N–H and O–H groups in total. The fourth-order valence-electron chi connectivity index (χ4n) is 1.34. The summed E-state index contributed by atoms with van der Waals surface area (Å²) in [4.78, 5) is 15.7. The molecule has 1 aliphatic rings. The molecule has 0 saturated carbocycles. The number of carbonyl (C=O) groups excluding carboxylic acids is 1. The third-order valence-electron chi connectivity index (χ3n) is 2.12. The van der Waals surface area contributed by atoms with E-state index in [1.165, 1.54) is 0 Å². The first-order valence-electron chi connectivity index (χ1n) is 4.45. The van der Waals surface area contributed by atoms with Crippen LogP contribution < -0.4 is 5.43 Å². The maximum absolute atomic E-state index is 11.8. The van der Waals surface area contributed by atoms with Gasteiger partial charge in [0.1, 0.15) is 0 Å². The first-order chi connectivity index (χ1) is 6.79. The van der Waals surface area contributed by atoms with E-state index in [1.54, 1.807) is 35.7 Å². The average molecular weight is 189 g/mol. The highest BCUT2D eigenvalue weighted by Crippen LogP contribution is 2.09. The largest absolute Gasteiger partial charge is 0.303 e. The Balaban J connectivity index is 2.17. The van der Waals surface area contributed by atoms with Gasteiger partial charge in [0.15, 0.2) is 0 Å². The van der Waals surface area contributed by atoms with Crippen molar-refractivity contribution in [2.75, 3.05) is 0 Å². The minimum absolute atomic E-state index is 0.0596. The number of hydrogen-bond donors (Lipinski definition) is 1. The summed E-state index contributed by atoms with van der Waals surface area (Å²) >= 11 is 0. The summed E-state index contributed by atoms with van der Waals surface area (Å²) in [6.07, 6.45) is 6.90. The topological polar surface area (TPSA) is 45.2 Å². The van der Waals surface area contributed by atoms with Gasteiger partial charge in [-0.05, 0) is 25.1 Å². The number of nitrogens with zero attached hydrogens (tertiary/aromatic N) is 2. The van der Waals surface area contributed by atoms with Crippen LogP contribution in [0.2, 0.25) is 0 Å². The van der Waals surface area contributed by atoms with Crippen LogP contribution in [0, 0.1) is 0 Å². The molecular formula is C10H11N3O. The Kier molecular flexibility index (Phi) is 2.18. The molecular weight excluding hydrogens is 178 g/mol. The summed E-state index contributed by atoms with van der Waals surface area (Å²) in [7, 11) is 0. The highest BCUT2D eigenvalue weighted by atomic mass is 16.2. The third-order valence-corrected chi connectivity index (χ3v) is 2.12. The first-order valence-corrected chi connectivity index (χ1v) is 4.45. The summed E-state index contributed by atoms with van der Waals surface area (Å²) in [6.45, 7) is 1.95. The average Bonchev–Trinajstić information content (AvgIpc) is 2.65. The molecule has 1 aromatic rings. The van der Waals surface area contributed by atoms with Crippen LogP contribution in [-0.2, 0) is 0 Å². The zero-order valence-electron chi connectivity index (χ0n) is 7.84. The molecule has 4 heteroatoms. The molecule has 1 aliphatic heterocycles. The number of rotatable bonds is 1. The van der Waals surface area contributed by atoms with Crippen molar-refractivity contribution in [1.82, 2.24) is 15.4 Å². The molecule has 0 radical (unpaired) electrons. The van der Waals surface area contributed by atoms with Crippen LogP contribution in [-0.4, -0.2) is 21.9 Å². The van der Waals surface area contributed by atoms with Crippen molar-refractivity contribution in [2.24, 2.45) is 0 Å². The van der Waals surface area contributed by atoms with Crippen LogP contribution in [0.4, 0.5) is 0 Å². The van der Waals surface area contributed by atoms with Gasteiger partial charge >= 0.3 is 0 Å². The van der Waals surface area contributed by atoms with E-state index >= 15 is 0 Å². The van der Waals surface area contributed by atoms with E-state index in [0.29, 0.717) is 5.56 Å². The van der Waals surface area contributed by atoms with E-state index in [4.69, 9.17) is 0 Å². The van der Waals surface area contributed by atoms with Crippen LogP contribution in [0.1, 0.15) is 17.3 Å². The van der Waals surface area contributed by atoms with Crippen LogP contribution >= 0.6 is 0 Å². The normalized spacial score (nSPS) is 19.5. The van der Waals surface area contributed by atoms with E-state index in [9.17, 15) is 4.79 Å². The lowest BCUT2D eigenvalue weighted by Gasteiger charge is -2.21. The fraction of sp³-hybridized carbons (Fsp3) is 0.200. The summed E-state index contributed by atoms with van der Waals surface area (Å²) in [5.74, 6) is -0.0596. The van der Waals surface area contributed by atoms with Gasteiger partial charge in [-0.25, -0.2) is 5.01 Å². The lowest BCUT2D eigenvalue weighted by atomic mass is 10.2. The van der Waals surface area contributed by atoms with E-state index < -0.39 is 0 Å². The minimum Gasteiger partial charge on any atom is -0.303 e. The maximum atomic E-state index is 11.8. The molecule has 0 saturated heterocycles. The maximum Gasteiger partial charge on any atom is 0.274 e. The molecule has 1 unspecified atom stereocenters. The number of hydrogen-bond acceptors (Lipinski definition) is 3. The third kappa shape index (κ3) is 1.46. The predicted octanol–water partition coefficient (Wildman–Crippen LogP) is 0.944. The lowest BCUT2D eigenvalue weighted by molar-refractivity contribution is 0.0681. The SMILES string of the molecule is CC1C=CNN1C(=O)c1cccnc1. The lowest BCUT2D eigenvalue weighted by Crippen LogP contribution is -2.41. The van der Waals surface area contributed by atoms with E-state index in [1.807, 2.05) is 13.0 Å². The van der Waals surface area contributed by atoms with Crippen molar-refractivity contribution >= 4 is 5.91 Å². The Morgan fingerprint density at radius 1 is 1.64 bits per heavy atom. The van der Waals surface area contributed by atoms with Crippen molar-refractivity contribution in [3.8, 4) is 0 Å². The molecule has 0 aromatic carbocycles. The molecule has 0 aliphatic carbocycles. The Hall–Kier alpha value is -1.84. The van der Waals surface area contributed by atoms with Crippen molar-refractivity contribution < 1.29 is 4.79 Å². The summed E-state index contributed by atoms with van der Waals surface area (Å²) in [5, 5.41) is 1.57. The van der Waals surface area contributed by atoms with Gasteiger partial charge in [-0.1, -0.05) is 0 Å². The Morgan fingerprint density at radius 2 is 2.50 bits per heavy atom. The summed E-state index contributed by atoms with van der Waals surface area (Å²) in [6, 6.07) is 3.59. The second kappa shape index (κ2) is 3.49. The van der Waals surface area contributed by atoms with Crippen LogP contribution in [0.25, 0.3) is 0 Å². The van der Waals surface area contributed by atoms with Gasteiger partial charge in [0.25, 0.3) is 5.91 Å². The second-order valence-corrected chi connectivity index (χ2v) is 3.15. The zero-order valence-corrected chi connectivity index (χ0v) is 7.84. The standard InChI is InChI=1S/C10H11N3O/c1-8-4-6-12-13(8)10(14)9-3-2-5-11-7-9/h2-8,12H,1H3. The number of hydrazine groups is 1. The number of pyridine rings is 1. The van der Waals surface area contributed by atoms with E-state index in [-0.39, 0.29) is 11.9 Å². The predicted molar refractivity (Wildman–Crippen MR) is 52.1 cm³/mol. The van der Waals surface area contributed by atoms with Crippen molar-refractivity contribution in [3.05, 3.63) is 42.4 Å². The highest BCUT2D eigenvalue weighted by molar-refractivity contribution is 5.94. The van der Waals surface area contributed by atoms with Crippen molar-refractivity contribution in [2.45, 2.75) is 13.0 Å². The number of amides is 1. The van der Waals surface area contributed by atoms with Crippen molar-refractivity contribution in [3.63, 3.8) is 0 Å². The minimum atomic E-state index is -0.0596. The van der Waals surface area contributed by atoms with Gasteiger partial charge in [-0.2, -0.15) is 0 Å². The van der Waals surface area contributed by atoms with Gasteiger partial charge in [0.2, 0.25) is 0 Å². The van der Waals surface area contributed by atoms with E-state index in [2.05, 4.69) is 10.4 Å². The van der Waals surface area contributed by atoms with E-state index in [0.717, 1.165) is 0 Å². The molecule has 1 aromatic heterocycles. The quantitative estimate of drug-likeness (QED) is 0.715. The molecule has 4 nitrogen and oxygen atoms in total. The first kappa shape index (κ1) is 8.74. The fourth-order valence-corrected chi connectivity index (χ4v) is 1.34. The summed E-state index contributed by atoms with van der Waals surface area (Å²) < 4.78 is 0. The number of aromatic nitrogens is 1. The molecule has 0 fully saturated rings. The molecule has 2 heterocycles. The van der Waals surface area contributed by atoms with Crippen LogP contribution in [0.15, 0.2) is 36.8 Å². The molecule has 14 heavy (non-hydrogen) atoms. The highest BCUT2D eigenvalue weighted by Gasteiger charge is 2.22. The zero-order chi connectivity index (χ0) is 9.97. The monoisotopic (exact) mass is 189 g/mol. The molecule has 0 spiro atoms. The van der Waals surface area contributed by atoms with Gasteiger partial charge in [0.05, 0.1) is 11.6 Å². The molecule has 2 rings (SSSR count). The molecule has 72 valence electrons. The second-order valence-electron chi connectivity index (χ2n) is 3.15. The molecule has 0 bridgehead atoms. The van der Waals surface area contributed by atoms with Gasteiger partial charge in [0, 0.05) is 18.6 Å². The molecule has 1 atom stereocenters. The smallest absolute Gasteiger partial charge is 0.274 e. The Bertz CT molecular complexity index is 361. The molecule has 1 amide bonds. The van der Waals surface area contributed by atoms with Gasteiger partial charge in [-0.3, -0.25) is 9.78 Å². The number of nitrogens with one attached hydrogen (secondary N) is 1. The Labute approximate surface area is 82.2 Å². The summed E-state index contributed by atoms with van der Waals surface area (Å²) in [5.41, 5.74) is 3.47. The Morgan fingerprint density at radius 3 is 3.07 bits per heavy atom. The van der Waals surface area contributed by atoms with Gasteiger partial charge in [-0.15, -0.1) is 0 Å². The van der Waals surface area contributed by atoms with Crippen LogP contribution in [0.5, 0.6) is 0 Å². The van der Waals surface area contributed by atoms with Crippen molar-refractivity contribution in [1.29, 1.82) is 0 Å². The van der Waals surface area contributed by atoms with Crippen LogP contribution in [0.3, 0.4) is 0 Å². The van der Waals surface area contributed by atoms with Gasteiger partial charge < -0.3 is 5.43 Å².